The summed E-state index contributed by atoms with van der Waals surface area (Å²) in [6.07, 6.45) is 2.96. The number of carbonyl (C=O) groups is 3. The van der Waals surface area contributed by atoms with Gasteiger partial charge in [-0.3, -0.25) is 9.59 Å². The zero-order valence-electron chi connectivity index (χ0n) is 19.8. The first-order valence-corrected chi connectivity index (χ1v) is 11.4. The van der Waals surface area contributed by atoms with E-state index in [1.807, 2.05) is 13.8 Å². The number of anilines is 1. The van der Waals surface area contributed by atoms with Crippen LogP contribution in [0.3, 0.4) is 0 Å². The number of carbonyl (C=O) groups excluding carboxylic acids is 3. The quantitative estimate of drug-likeness (QED) is 0.406. The molecule has 0 radical (unpaired) electrons. The minimum Gasteiger partial charge on any atom is -0.493 e. The molecule has 0 aliphatic rings. The molecule has 0 spiro atoms. The molecule has 1 heterocycles. The minimum absolute atomic E-state index is 0.181. The van der Waals surface area contributed by atoms with E-state index >= 15 is 0 Å². The highest BCUT2D eigenvalue weighted by molar-refractivity contribution is 7.18. The van der Waals surface area contributed by atoms with Crippen LogP contribution in [0.4, 0.5) is 5.00 Å². The molecule has 33 heavy (non-hydrogen) atoms. The Balaban J connectivity index is 2.33. The van der Waals surface area contributed by atoms with Gasteiger partial charge >= 0.3 is 5.97 Å². The molecule has 0 fully saturated rings. The van der Waals surface area contributed by atoms with Gasteiger partial charge in [-0.2, -0.15) is 0 Å². The van der Waals surface area contributed by atoms with E-state index < -0.39 is 11.9 Å². The summed E-state index contributed by atoms with van der Waals surface area (Å²) in [5.74, 6) is -0.0902. The lowest BCUT2D eigenvalue weighted by molar-refractivity contribution is -0.111. The molecule has 0 bridgehead atoms. The third kappa shape index (κ3) is 6.13. The summed E-state index contributed by atoms with van der Waals surface area (Å²) in [5.41, 5.74) is 1.42. The van der Waals surface area contributed by atoms with E-state index in [9.17, 15) is 14.4 Å². The molecule has 8 nitrogen and oxygen atoms in total. The monoisotopic (exact) mass is 474 g/mol. The highest BCUT2D eigenvalue weighted by Crippen LogP contribution is 2.35. The van der Waals surface area contributed by atoms with E-state index in [1.54, 1.807) is 50.1 Å². The van der Waals surface area contributed by atoms with Crippen molar-refractivity contribution in [1.82, 2.24) is 4.90 Å². The van der Waals surface area contributed by atoms with Crippen LogP contribution in [-0.2, 0) is 9.53 Å². The van der Waals surface area contributed by atoms with E-state index in [0.29, 0.717) is 35.0 Å². The number of methoxy groups -OCH3 is 2. The van der Waals surface area contributed by atoms with Gasteiger partial charge in [0.2, 0.25) is 5.91 Å². The molecule has 1 N–H and O–H groups in total. The number of hydrogen-bond acceptors (Lipinski definition) is 7. The molecule has 0 atom stereocenters. The smallest absolute Gasteiger partial charge is 0.341 e. The summed E-state index contributed by atoms with van der Waals surface area (Å²) < 4.78 is 15.7. The van der Waals surface area contributed by atoms with Crippen molar-refractivity contribution in [3.63, 3.8) is 0 Å². The predicted octanol–water partition coefficient (Wildman–Crippen LogP) is 4.38. The Hall–Kier alpha value is -3.33. The molecule has 9 heteroatoms. The number of rotatable bonds is 10. The Bertz CT molecular complexity index is 1040. The topological polar surface area (TPSA) is 94.2 Å². The van der Waals surface area contributed by atoms with Crippen LogP contribution in [0, 0.1) is 6.92 Å². The molecule has 1 aromatic carbocycles. The first-order chi connectivity index (χ1) is 15.8. The summed E-state index contributed by atoms with van der Waals surface area (Å²) in [6, 6.07) is 5.26. The van der Waals surface area contributed by atoms with Gasteiger partial charge in [-0.25, -0.2) is 4.79 Å². The van der Waals surface area contributed by atoms with Gasteiger partial charge < -0.3 is 24.4 Å². The molecule has 0 saturated heterocycles. The fourth-order valence-corrected chi connectivity index (χ4v) is 4.36. The maximum atomic E-state index is 12.9. The molecule has 2 rings (SSSR count). The molecule has 1 aromatic heterocycles. The number of esters is 1. The molecule has 0 aliphatic carbocycles. The first-order valence-electron chi connectivity index (χ1n) is 10.6. The maximum absolute atomic E-state index is 12.9. The van der Waals surface area contributed by atoms with E-state index in [0.717, 1.165) is 16.9 Å². The van der Waals surface area contributed by atoms with Crippen LogP contribution in [0.5, 0.6) is 11.5 Å². The number of thiophene rings is 1. The summed E-state index contributed by atoms with van der Waals surface area (Å²) >= 11 is 1.07. The van der Waals surface area contributed by atoms with E-state index in [2.05, 4.69) is 5.32 Å². The Labute approximate surface area is 198 Å². The highest BCUT2D eigenvalue weighted by Gasteiger charge is 2.28. The molecule has 0 saturated carbocycles. The van der Waals surface area contributed by atoms with Gasteiger partial charge in [0.15, 0.2) is 11.5 Å². The summed E-state index contributed by atoms with van der Waals surface area (Å²) in [7, 11) is 3.08. The second-order valence-corrected chi connectivity index (χ2v) is 7.92. The molecular weight excluding hydrogens is 444 g/mol. The number of ether oxygens (including phenoxy) is 3. The molecule has 0 aliphatic heterocycles. The van der Waals surface area contributed by atoms with Crippen molar-refractivity contribution >= 4 is 40.2 Å². The third-order valence-corrected chi connectivity index (χ3v) is 6.14. The summed E-state index contributed by atoms with van der Waals surface area (Å²) in [6.45, 7) is 8.42. The number of nitrogens with one attached hydrogen (secondary N) is 1. The van der Waals surface area contributed by atoms with E-state index in [1.165, 1.54) is 13.2 Å². The Morgan fingerprint density at radius 2 is 1.73 bits per heavy atom. The van der Waals surface area contributed by atoms with Crippen LogP contribution in [-0.4, -0.2) is 56.6 Å². The van der Waals surface area contributed by atoms with Crippen LogP contribution in [0.2, 0.25) is 0 Å². The third-order valence-electron chi connectivity index (χ3n) is 4.94. The number of amides is 2. The average molecular weight is 475 g/mol. The van der Waals surface area contributed by atoms with E-state index in [4.69, 9.17) is 14.2 Å². The largest absolute Gasteiger partial charge is 0.493 e. The van der Waals surface area contributed by atoms with Crippen LogP contribution < -0.4 is 14.8 Å². The molecule has 2 aromatic rings. The molecule has 0 unspecified atom stereocenters. The zero-order chi connectivity index (χ0) is 24.5. The van der Waals surface area contributed by atoms with Crippen molar-refractivity contribution in [3.8, 4) is 11.5 Å². The van der Waals surface area contributed by atoms with Gasteiger partial charge in [-0.15, -0.1) is 11.3 Å². The SMILES string of the molecule is CCOC(=O)c1c(NC(=O)C=Cc2ccc(OC)c(OC)c2)sc(C(=O)N(CC)CC)c1C. The van der Waals surface area contributed by atoms with Crippen molar-refractivity contribution in [2.45, 2.75) is 27.7 Å². The highest BCUT2D eigenvalue weighted by atomic mass is 32.1. The first kappa shape index (κ1) is 25.9. The Kier molecular flexibility index (Phi) is 9.47. The zero-order valence-corrected chi connectivity index (χ0v) is 20.6. The number of hydrogen-bond donors (Lipinski definition) is 1. The molecule has 2 amide bonds. The van der Waals surface area contributed by atoms with Crippen molar-refractivity contribution in [3.05, 3.63) is 45.8 Å². The normalized spacial score (nSPS) is 10.7. The van der Waals surface area contributed by atoms with Gasteiger partial charge in [-0.1, -0.05) is 6.07 Å². The second-order valence-electron chi connectivity index (χ2n) is 6.90. The van der Waals surface area contributed by atoms with Crippen LogP contribution in [0.15, 0.2) is 24.3 Å². The van der Waals surface area contributed by atoms with Crippen molar-refractivity contribution in [2.75, 3.05) is 39.2 Å². The van der Waals surface area contributed by atoms with Crippen LogP contribution >= 0.6 is 11.3 Å². The van der Waals surface area contributed by atoms with Crippen molar-refractivity contribution in [1.29, 1.82) is 0 Å². The van der Waals surface area contributed by atoms with Crippen molar-refractivity contribution < 1.29 is 28.6 Å². The lowest BCUT2D eigenvalue weighted by Gasteiger charge is -2.18. The van der Waals surface area contributed by atoms with Gasteiger partial charge in [0, 0.05) is 19.2 Å². The van der Waals surface area contributed by atoms with Crippen LogP contribution in [0.25, 0.3) is 6.08 Å². The minimum atomic E-state index is -0.580. The Morgan fingerprint density at radius 3 is 2.30 bits per heavy atom. The van der Waals surface area contributed by atoms with Gasteiger partial charge in [0.05, 0.1) is 31.3 Å². The lowest BCUT2D eigenvalue weighted by Crippen LogP contribution is -2.30. The standard InChI is InChI=1S/C24H30N2O6S/c1-7-26(8-2)23(28)21-15(4)20(24(29)32-9-3)22(33-21)25-19(27)13-11-16-10-12-17(30-5)18(14-16)31-6/h10-14H,7-9H2,1-6H3,(H,25,27). The van der Waals surface area contributed by atoms with Crippen LogP contribution in [0.1, 0.15) is 51.9 Å². The number of benzene rings is 1. The molecular formula is C24H30N2O6S. The predicted molar refractivity (Wildman–Crippen MR) is 129 cm³/mol. The fraction of sp³-hybridized carbons (Fsp3) is 0.375. The summed E-state index contributed by atoms with van der Waals surface area (Å²) in [5, 5.41) is 3.01. The summed E-state index contributed by atoms with van der Waals surface area (Å²) in [4.78, 5) is 40.2. The lowest BCUT2D eigenvalue weighted by atomic mass is 10.1. The molecule has 178 valence electrons. The van der Waals surface area contributed by atoms with E-state index in [-0.39, 0.29) is 23.1 Å². The Morgan fingerprint density at radius 1 is 1.06 bits per heavy atom. The van der Waals surface area contributed by atoms with Gasteiger partial charge in [0.25, 0.3) is 5.91 Å². The van der Waals surface area contributed by atoms with Gasteiger partial charge in [-0.05, 0) is 57.0 Å². The second kappa shape index (κ2) is 12.1. The van der Waals surface area contributed by atoms with Gasteiger partial charge in [0.1, 0.15) is 5.00 Å². The maximum Gasteiger partial charge on any atom is 0.341 e. The average Bonchev–Trinajstić information content (AvgIpc) is 3.13. The number of nitrogens with zero attached hydrogens (tertiary/aromatic N) is 1. The fourth-order valence-electron chi connectivity index (χ4n) is 3.19. The van der Waals surface area contributed by atoms with Crippen molar-refractivity contribution in [2.24, 2.45) is 0 Å².